The summed E-state index contributed by atoms with van der Waals surface area (Å²) in [5, 5.41) is 9.07. The molecule has 7 nitrogen and oxygen atoms in total. The first-order valence-corrected chi connectivity index (χ1v) is 7.27. The van der Waals surface area contributed by atoms with E-state index in [0.29, 0.717) is 22.9 Å². The molecule has 2 rings (SSSR count). The third-order valence-electron chi connectivity index (χ3n) is 2.91. The van der Waals surface area contributed by atoms with Crippen LogP contribution in [0.2, 0.25) is 0 Å². The molecule has 21 heavy (non-hydrogen) atoms. The second-order valence-electron chi connectivity index (χ2n) is 4.41. The van der Waals surface area contributed by atoms with Crippen molar-refractivity contribution in [2.24, 2.45) is 5.73 Å². The van der Waals surface area contributed by atoms with E-state index < -0.39 is 17.9 Å². The number of rotatable bonds is 5. The fraction of sp³-hybridized carbons (Fsp3) is 0.308. The van der Waals surface area contributed by atoms with Gasteiger partial charge in [-0.3, -0.25) is 9.59 Å². The molecular weight excluding hydrogens is 296 g/mol. The van der Waals surface area contributed by atoms with Gasteiger partial charge in [0.05, 0.1) is 5.88 Å². The monoisotopic (exact) mass is 310 g/mol. The van der Waals surface area contributed by atoms with E-state index in [0.717, 1.165) is 0 Å². The first kappa shape index (κ1) is 15.2. The van der Waals surface area contributed by atoms with Crippen LogP contribution in [0.3, 0.4) is 0 Å². The van der Waals surface area contributed by atoms with E-state index in [1.165, 1.54) is 40.9 Å². The Morgan fingerprint density at radius 3 is 2.57 bits per heavy atom. The summed E-state index contributed by atoms with van der Waals surface area (Å²) in [5.41, 5.74) is 5.33. The molecule has 8 heteroatoms. The molecule has 1 atom stereocenters. The van der Waals surface area contributed by atoms with Crippen molar-refractivity contribution in [2.45, 2.75) is 6.04 Å². The van der Waals surface area contributed by atoms with Gasteiger partial charge in [0.1, 0.15) is 11.8 Å². The topological polar surface area (TPSA) is 110 Å². The summed E-state index contributed by atoms with van der Waals surface area (Å²) in [5.74, 6) is -0.774. The smallest absolute Gasteiger partial charge is 0.327 e. The Kier molecular flexibility index (Phi) is 4.69. The zero-order chi connectivity index (χ0) is 15.4. The molecule has 0 spiro atoms. The van der Waals surface area contributed by atoms with Gasteiger partial charge in [0.25, 0.3) is 11.8 Å². The van der Waals surface area contributed by atoms with E-state index in [4.69, 9.17) is 15.6 Å². The van der Waals surface area contributed by atoms with E-state index in [-0.39, 0.29) is 12.5 Å². The van der Waals surface area contributed by atoms with Crippen molar-refractivity contribution in [3.63, 3.8) is 0 Å². The van der Waals surface area contributed by atoms with E-state index in [1.807, 2.05) is 0 Å². The van der Waals surface area contributed by atoms with Gasteiger partial charge < -0.3 is 20.5 Å². The zero-order valence-corrected chi connectivity index (χ0v) is 11.8. The quantitative estimate of drug-likeness (QED) is 0.801. The molecule has 112 valence electrons. The Balaban J connectivity index is 2.06. The second kappa shape index (κ2) is 6.49. The number of amides is 2. The Morgan fingerprint density at radius 1 is 1.33 bits per heavy atom. The fourth-order valence-corrected chi connectivity index (χ4v) is 3.01. The Labute approximate surface area is 125 Å². The number of aliphatic carboxylic acids is 1. The Bertz CT molecular complexity index is 560. The van der Waals surface area contributed by atoms with Crippen molar-refractivity contribution < 1.29 is 24.2 Å². The Morgan fingerprint density at radius 2 is 2.00 bits per heavy atom. The SMILES string of the molecule is NC(=O)COc1ccc(C(=O)N2CSC[C@H]2C(=O)O)cc1. The molecule has 1 aliphatic rings. The second-order valence-corrected chi connectivity index (χ2v) is 5.41. The van der Waals surface area contributed by atoms with Gasteiger partial charge in [0, 0.05) is 11.3 Å². The molecule has 0 aliphatic carbocycles. The minimum absolute atomic E-state index is 0.239. The molecule has 1 heterocycles. The van der Waals surface area contributed by atoms with Crippen molar-refractivity contribution >= 4 is 29.5 Å². The van der Waals surface area contributed by atoms with Gasteiger partial charge in [-0.25, -0.2) is 4.79 Å². The van der Waals surface area contributed by atoms with E-state index in [2.05, 4.69) is 0 Å². The minimum Gasteiger partial charge on any atom is -0.484 e. The lowest BCUT2D eigenvalue weighted by Crippen LogP contribution is -2.41. The highest BCUT2D eigenvalue weighted by molar-refractivity contribution is 7.99. The lowest BCUT2D eigenvalue weighted by atomic mass is 10.1. The average Bonchev–Trinajstić information content (AvgIpc) is 2.94. The predicted molar refractivity (Wildman–Crippen MR) is 76.0 cm³/mol. The van der Waals surface area contributed by atoms with Gasteiger partial charge in [0.2, 0.25) is 0 Å². The molecule has 1 aliphatic heterocycles. The van der Waals surface area contributed by atoms with Crippen LogP contribution >= 0.6 is 11.8 Å². The number of carboxylic acids is 1. The van der Waals surface area contributed by atoms with Gasteiger partial charge in [-0.1, -0.05) is 0 Å². The lowest BCUT2D eigenvalue weighted by Gasteiger charge is -2.20. The van der Waals surface area contributed by atoms with Crippen molar-refractivity contribution in [1.29, 1.82) is 0 Å². The number of carboxylic acid groups (broad SMARTS) is 1. The summed E-state index contributed by atoms with van der Waals surface area (Å²) in [7, 11) is 0. The molecule has 0 saturated carbocycles. The van der Waals surface area contributed by atoms with Crippen LogP contribution in [0.4, 0.5) is 0 Å². The van der Waals surface area contributed by atoms with Crippen LogP contribution in [0.25, 0.3) is 0 Å². The highest BCUT2D eigenvalue weighted by atomic mass is 32.2. The Hall–Kier alpha value is -2.22. The maximum Gasteiger partial charge on any atom is 0.327 e. The van der Waals surface area contributed by atoms with Crippen LogP contribution in [-0.2, 0) is 9.59 Å². The van der Waals surface area contributed by atoms with Crippen LogP contribution in [0.1, 0.15) is 10.4 Å². The minimum atomic E-state index is -1.00. The summed E-state index contributed by atoms with van der Waals surface area (Å²) in [4.78, 5) is 35.3. The number of hydrogen-bond donors (Lipinski definition) is 2. The van der Waals surface area contributed by atoms with Gasteiger partial charge in [-0.05, 0) is 24.3 Å². The molecule has 0 bridgehead atoms. The van der Waals surface area contributed by atoms with E-state index in [1.54, 1.807) is 0 Å². The van der Waals surface area contributed by atoms with Crippen molar-refractivity contribution in [3.8, 4) is 5.75 Å². The van der Waals surface area contributed by atoms with Gasteiger partial charge in [0.15, 0.2) is 6.61 Å². The first-order chi connectivity index (χ1) is 9.99. The molecule has 1 saturated heterocycles. The average molecular weight is 310 g/mol. The number of carbonyl (C=O) groups is 3. The van der Waals surface area contributed by atoms with Crippen LogP contribution in [0.15, 0.2) is 24.3 Å². The normalized spacial score (nSPS) is 17.5. The highest BCUT2D eigenvalue weighted by Crippen LogP contribution is 2.24. The third kappa shape index (κ3) is 3.66. The summed E-state index contributed by atoms with van der Waals surface area (Å²) in [6.45, 7) is -0.239. The maximum atomic E-state index is 12.3. The molecule has 3 N–H and O–H groups in total. The number of primary amides is 1. The first-order valence-electron chi connectivity index (χ1n) is 6.11. The molecule has 0 radical (unpaired) electrons. The number of ether oxygens (including phenoxy) is 1. The van der Waals surface area contributed by atoms with E-state index in [9.17, 15) is 14.4 Å². The molecule has 1 aromatic carbocycles. The van der Waals surface area contributed by atoms with Crippen molar-refractivity contribution in [1.82, 2.24) is 4.90 Å². The molecule has 1 aromatic rings. The maximum absolute atomic E-state index is 12.3. The summed E-state index contributed by atoms with van der Waals surface area (Å²) in [6.07, 6.45) is 0. The lowest BCUT2D eigenvalue weighted by molar-refractivity contribution is -0.140. The number of hydrogen-bond acceptors (Lipinski definition) is 5. The van der Waals surface area contributed by atoms with Gasteiger partial charge in [-0.2, -0.15) is 0 Å². The standard InChI is InChI=1S/C13H14N2O5S/c14-11(16)5-20-9-3-1-8(2-4-9)12(17)15-7-21-6-10(15)13(18)19/h1-4,10H,5-7H2,(H2,14,16)(H,18,19)/t10-/m0/s1. The van der Waals surface area contributed by atoms with Gasteiger partial charge >= 0.3 is 5.97 Å². The molecule has 1 fully saturated rings. The predicted octanol–water partition coefficient (Wildman–Crippen LogP) is 0.150. The number of benzene rings is 1. The molecule has 0 aromatic heterocycles. The van der Waals surface area contributed by atoms with Crippen LogP contribution in [0.5, 0.6) is 5.75 Å². The number of carbonyl (C=O) groups excluding carboxylic acids is 2. The third-order valence-corrected chi connectivity index (χ3v) is 3.92. The summed E-state index contributed by atoms with van der Waals surface area (Å²) >= 11 is 1.40. The van der Waals surface area contributed by atoms with Gasteiger partial charge in [-0.15, -0.1) is 11.8 Å². The fourth-order valence-electron chi connectivity index (χ4n) is 1.86. The van der Waals surface area contributed by atoms with Crippen LogP contribution in [-0.4, -0.2) is 52.1 Å². The largest absolute Gasteiger partial charge is 0.484 e. The zero-order valence-electron chi connectivity index (χ0n) is 11.0. The number of nitrogens with zero attached hydrogens (tertiary/aromatic N) is 1. The summed E-state index contributed by atoms with van der Waals surface area (Å²) in [6, 6.07) is 5.33. The van der Waals surface area contributed by atoms with Crippen molar-refractivity contribution in [2.75, 3.05) is 18.2 Å². The van der Waals surface area contributed by atoms with Crippen molar-refractivity contribution in [3.05, 3.63) is 29.8 Å². The van der Waals surface area contributed by atoms with Crippen LogP contribution < -0.4 is 10.5 Å². The number of nitrogens with two attached hydrogens (primary N) is 1. The number of thioether (sulfide) groups is 1. The van der Waals surface area contributed by atoms with E-state index >= 15 is 0 Å². The summed E-state index contributed by atoms with van der Waals surface area (Å²) < 4.78 is 5.09. The highest BCUT2D eigenvalue weighted by Gasteiger charge is 2.34. The molecule has 2 amide bonds. The van der Waals surface area contributed by atoms with Crippen LogP contribution in [0, 0.1) is 0 Å². The molecular formula is C13H14N2O5S. The molecule has 0 unspecified atom stereocenters.